The maximum atomic E-state index is 9.15. The molecular formula is C15H27O3P. The zero-order chi connectivity index (χ0) is 14.1. The molecule has 0 amide bonds. The van der Waals surface area contributed by atoms with Crippen molar-refractivity contribution in [2.45, 2.75) is 58.3 Å². The standard InChI is InChI=1S/C15H27O3P/c1-2-3-4-5-6-7-8-9-14-10-12-15(13-11-14)19(16,17)18/h10-13,16-19H,2-9H2,1H3. The van der Waals surface area contributed by atoms with Crippen LogP contribution in [0.25, 0.3) is 0 Å². The van der Waals surface area contributed by atoms with Crippen molar-refractivity contribution in [3.8, 4) is 0 Å². The van der Waals surface area contributed by atoms with E-state index in [4.69, 9.17) is 14.7 Å². The van der Waals surface area contributed by atoms with Crippen molar-refractivity contribution < 1.29 is 14.7 Å². The SMILES string of the molecule is CCCCCCCCCc1ccc([PH](O)(O)O)cc1. The fraction of sp³-hybridized carbons (Fsp3) is 0.600. The first-order chi connectivity index (χ1) is 9.04. The summed E-state index contributed by atoms with van der Waals surface area (Å²) in [6, 6.07) is 6.97. The number of hydrogen-bond acceptors (Lipinski definition) is 3. The van der Waals surface area contributed by atoms with Crippen LogP contribution in [-0.4, -0.2) is 14.7 Å². The molecule has 0 aliphatic rings. The molecule has 0 radical (unpaired) electrons. The summed E-state index contributed by atoms with van der Waals surface area (Å²) in [6.45, 7) is 2.23. The number of benzene rings is 1. The van der Waals surface area contributed by atoms with Gasteiger partial charge in [-0.25, -0.2) is 0 Å². The predicted molar refractivity (Wildman–Crippen MR) is 82.7 cm³/mol. The van der Waals surface area contributed by atoms with Crippen LogP contribution in [0.3, 0.4) is 0 Å². The van der Waals surface area contributed by atoms with Gasteiger partial charge in [0.25, 0.3) is 0 Å². The van der Waals surface area contributed by atoms with Crippen LogP contribution in [0.15, 0.2) is 24.3 Å². The van der Waals surface area contributed by atoms with E-state index in [9.17, 15) is 0 Å². The Hall–Kier alpha value is -0.470. The molecule has 1 rings (SSSR count). The predicted octanol–water partition coefficient (Wildman–Crippen LogP) is 3.08. The van der Waals surface area contributed by atoms with Crippen LogP contribution in [0.5, 0.6) is 0 Å². The van der Waals surface area contributed by atoms with Crippen molar-refractivity contribution in [1.29, 1.82) is 0 Å². The summed E-state index contributed by atoms with van der Waals surface area (Å²) < 4.78 is 0. The molecule has 19 heavy (non-hydrogen) atoms. The van der Waals surface area contributed by atoms with Crippen molar-refractivity contribution in [3.63, 3.8) is 0 Å². The Bertz CT molecular complexity index is 343. The maximum absolute atomic E-state index is 9.15. The average Bonchev–Trinajstić information content (AvgIpc) is 2.37. The Balaban J connectivity index is 2.20. The van der Waals surface area contributed by atoms with Crippen molar-refractivity contribution in [3.05, 3.63) is 29.8 Å². The average molecular weight is 286 g/mol. The summed E-state index contributed by atoms with van der Waals surface area (Å²) in [4.78, 5) is 27.4. The van der Waals surface area contributed by atoms with Crippen LogP contribution >= 0.6 is 7.94 Å². The molecular weight excluding hydrogens is 259 g/mol. The molecule has 0 spiro atoms. The molecule has 0 fully saturated rings. The first-order valence-electron chi connectivity index (χ1n) is 7.30. The van der Waals surface area contributed by atoms with Crippen LogP contribution in [0.2, 0.25) is 0 Å². The second-order valence-electron chi connectivity index (χ2n) is 5.20. The third-order valence-corrected chi connectivity index (χ3v) is 4.52. The molecule has 0 saturated heterocycles. The van der Waals surface area contributed by atoms with E-state index in [2.05, 4.69) is 6.92 Å². The Morgan fingerprint density at radius 1 is 0.789 bits per heavy atom. The number of unbranched alkanes of at least 4 members (excludes halogenated alkanes) is 6. The molecule has 0 saturated carbocycles. The van der Waals surface area contributed by atoms with E-state index < -0.39 is 7.94 Å². The molecule has 0 aromatic heterocycles. The molecule has 1 aromatic rings. The third kappa shape index (κ3) is 7.03. The van der Waals surface area contributed by atoms with Gasteiger partial charge in [0, 0.05) is 0 Å². The molecule has 3 N–H and O–H groups in total. The zero-order valence-corrected chi connectivity index (χ0v) is 12.8. The minimum atomic E-state index is -4.11. The van der Waals surface area contributed by atoms with Gasteiger partial charge in [0.05, 0.1) is 0 Å². The Morgan fingerprint density at radius 3 is 1.84 bits per heavy atom. The molecule has 0 unspecified atom stereocenters. The Labute approximate surface area is 116 Å². The van der Waals surface area contributed by atoms with Crippen LogP contribution in [0.1, 0.15) is 57.4 Å². The van der Waals surface area contributed by atoms with Crippen molar-refractivity contribution in [2.75, 3.05) is 0 Å². The molecule has 0 bridgehead atoms. The van der Waals surface area contributed by atoms with E-state index >= 15 is 0 Å². The zero-order valence-electron chi connectivity index (χ0n) is 11.8. The van der Waals surface area contributed by atoms with Gasteiger partial charge in [0.2, 0.25) is 0 Å². The summed E-state index contributed by atoms with van der Waals surface area (Å²) >= 11 is 0. The molecule has 0 aliphatic heterocycles. The summed E-state index contributed by atoms with van der Waals surface area (Å²) in [5.74, 6) is 0. The van der Waals surface area contributed by atoms with Gasteiger partial charge in [0.1, 0.15) is 0 Å². The molecule has 0 aliphatic carbocycles. The molecule has 0 atom stereocenters. The fourth-order valence-electron chi connectivity index (χ4n) is 2.18. The normalized spacial score (nSPS) is 12.6. The van der Waals surface area contributed by atoms with E-state index in [0.29, 0.717) is 0 Å². The molecule has 4 heteroatoms. The molecule has 3 nitrogen and oxygen atoms in total. The second-order valence-corrected chi connectivity index (χ2v) is 7.05. The van der Waals surface area contributed by atoms with Gasteiger partial charge in [-0.05, 0) is 0 Å². The van der Waals surface area contributed by atoms with Gasteiger partial charge in [-0.15, -0.1) is 0 Å². The van der Waals surface area contributed by atoms with Gasteiger partial charge in [-0.2, -0.15) is 0 Å². The Kier molecular flexibility index (Phi) is 7.55. The van der Waals surface area contributed by atoms with Crippen molar-refractivity contribution in [1.82, 2.24) is 0 Å². The van der Waals surface area contributed by atoms with Crippen molar-refractivity contribution in [2.24, 2.45) is 0 Å². The summed E-state index contributed by atoms with van der Waals surface area (Å²) in [5.41, 5.74) is 1.19. The summed E-state index contributed by atoms with van der Waals surface area (Å²) in [7, 11) is -4.11. The van der Waals surface area contributed by atoms with Crippen LogP contribution in [0.4, 0.5) is 0 Å². The number of aryl methyl sites for hydroxylation is 1. The van der Waals surface area contributed by atoms with Gasteiger partial charge >= 0.3 is 109 Å². The van der Waals surface area contributed by atoms with E-state index in [1.165, 1.54) is 50.5 Å². The molecule has 1 aromatic carbocycles. The van der Waals surface area contributed by atoms with Crippen molar-refractivity contribution >= 4 is 13.2 Å². The van der Waals surface area contributed by atoms with Gasteiger partial charge < -0.3 is 0 Å². The topological polar surface area (TPSA) is 60.7 Å². The van der Waals surface area contributed by atoms with E-state index in [-0.39, 0.29) is 5.30 Å². The quantitative estimate of drug-likeness (QED) is 0.483. The van der Waals surface area contributed by atoms with Crippen LogP contribution < -0.4 is 5.30 Å². The number of hydrogen-bond donors (Lipinski definition) is 3. The fourth-order valence-corrected chi connectivity index (χ4v) is 2.80. The molecule has 110 valence electrons. The van der Waals surface area contributed by atoms with Gasteiger partial charge in [-0.3, -0.25) is 0 Å². The Morgan fingerprint density at radius 2 is 1.32 bits per heavy atom. The number of rotatable bonds is 9. The van der Waals surface area contributed by atoms with Gasteiger partial charge in [-0.1, -0.05) is 6.92 Å². The second kappa shape index (κ2) is 8.65. The van der Waals surface area contributed by atoms with Crippen LogP contribution in [0, 0.1) is 0 Å². The monoisotopic (exact) mass is 286 g/mol. The first-order valence-corrected chi connectivity index (χ1v) is 9.14. The van der Waals surface area contributed by atoms with Gasteiger partial charge in [0.15, 0.2) is 0 Å². The first kappa shape index (κ1) is 16.6. The molecule has 0 heterocycles. The van der Waals surface area contributed by atoms with E-state index in [0.717, 1.165) is 6.42 Å². The van der Waals surface area contributed by atoms with E-state index in [1.54, 1.807) is 12.1 Å². The minimum absolute atomic E-state index is 0.246. The van der Waals surface area contributed by atoms with E-state index in [1.807, 2.05) is 12.1 Å². The van der Waals surface area contributed by atoms with Crippen LogP contribution in [-0.2, 0) is 6.42 Å². The summed E-state index contributed by atoms with van der Waals surface area (Å²) in [6.07, 6.45) is 10.1. The third-order valence-electron chi connectivity index (χ3n) is 3.41. The summed E-state index contributed by atoms with van der Waals surface area (Å²) in [5, 5.41) is 0.246.